The molecule has 1 aromatic carbocycles. The summed E-state index contributed by atoms with van der Waals surface area (Å²) in [6, 6.07) is 8.22. The van der Waals surface area contributed by atoms with Crippen molar-refractivity contribution in [1.82, 2.24) is 0 Å². The van der Waals surface area contributed by atoms with Crippen molar-refractivity contribution in [3.8, 4) is 0 Å². The van der Waals surface area contributed by atoms with Crippen LogP contribution in [0.2, 0.25) is 0 Å². The molecule has 1 atom stereocenters. The van der Waals surface area contributed by atoms with E-state index in [2.05, 4.69) is 30.9 Å². The fourth-order valence-electron chi connectivity index (χ4n) is 2.86. The van der Waals surface area contributed by atoms with E-state index in [1.807, 2.05) is 19.1 Å². The molecule has 0 N–H and O–H groups in total. The van der Waals surface area contributed by atoms with Gasteiger partial charge in [0.2, 0.25) is 0 Å². The highest BCUT2D eigenvalue weighted by molar-refractivity contribution is 5.84. The predicted octanol–water partition coefficient (Wildman–Crippen LogP) is 2.06. The molecule has 0 radical (unpaired) electrons. The van der Waals surface area contributed by atoms with Gasteiger partial charge in [0.25, 0.3) is 0 Å². The standard InChI is InChI=1S/C13H15NO2/c1-12(2)9-6-4-5-7-10(9)14-8-11(15)16-13(12,14)3/h4-7H,8H2,1-3H3. The van der Waals surface area contributed by atoms with Crippen LogP contribution in [0, 0.1) is 0 Å². The lowest BCUT2D eigenvalue weighted by Crippen LogP contribution is -2.50. The van der Waals surface area contributed by atoms with Crippen LogP contribution in [0.1, 0.15) is 26.3 Å². The van der Waals surface area contributed by atoms with Crippen LogP contribution in [0.5, 0.6) is 0 Å². The Morgan fingerprint density at radius 3 is 2.69 bits per heavy atom. The molecule has 3 nitrogen and oxygen atoms in total. The average Bonchev–Trinajstić information content (AvgIpc) is 2.61. The molecule has 84 valence electrons. The molecule has 2 aliphatic heterocycles. The van der Waals surface area contributed by atoms with E-state index in [1.165, 1.54) is 5.56 Å². The predicted molar refractivity (Wildman–Crippen MR) is 61.3 cm³/mol. The van der Waals surface area contributed by atoms with Gasteiger partial charge in [0.1, 0.15) is 6.54 Å². The molecule has 3 heteroatoms. The average molecular weight is 217 g/mol. The van der Waals surface area contributed by atoms with Gasteiger partial charge in [-0.15, -0.1) is 0 Å². The summed E-state index contributed by atoms with van der Waals surface area (Å²) in [5.74, 6) is -0.134. The monoisotopic (exact) mass is 217 g/mol. The number of carbonyl (C=O) groups excluding carboxylic acids is 1. The van der Waals surface area contributed by atoms with Crippen molar-refractivity contribution in [2.45, 2.75) is 31.9 Å². The van der Waals surface area contributed by atoms with E-state index < -0.39 is 5.72 Å². The normalized spacial score (nSPS) is 29.9. The van der Waals surface area contributed by atoms with Crippen LogP contribution in [0.4, 0.5) is 5.69 Å². The van der Waals surface area contributed by atoms with Crippen molar-refractivity contribution in [2.75, 3.05) is 11.4 Å². The molecule has 2 heterocycles. The zero-order valence-electron chi connectivity index (χ0n) is 9.78. The maximum Gasteiger partial charge on any atom is 0.327 e. The second kappa shape index (κ2) is 2.59. The lowest BCUT2D eigenvalue weighted by Gasteiger charge is -2.37. The van der Waals surface area contributed by atoms with E-state index in [9.17, 15) is 4.79 Å². The first kappa shape index (κ1) is 9.70. The molecule has 0 aliphatic carbocycles. The molecule has 1 fully saturated rings. The molecule has 1 unspecified atom stereocenters. The minimum absolute atomic E-state index is 0.134. The Morgan fingerprint density at radius 1 is 1.25 bits per heavy atom. The summed E-state index contributed by atoms with van der Waals surface area (Å²) < 4.78 is 5.56. The van der Waals surface area contributed by atoms with Gasteiger partial charge in [0, 0.05) is 5.69 Å². The van der Waals surface area contributed by atoms with Crippen molar-refractivity contribution < 1.29 is 9.53 Å². The van der Waals surface area contributed by atoms with Gasteiger partial charge in [-0.2, -0.15) is 0 Å². The quantitative estimate of drug-likeness (QED) is 0.623. The molecule has 0 spiro atoms. The van der Waals surface area contributed by atoms with E-state index in [0.29, 0.717) is 6.54 Å². The second-order valence-corrected chi connectivity index (χ2v) is 5.19. The Morgan fingerprint density at radius 2 is 1.94 bits per heavy atom. The first-order chi connectivity index (χ1) is 7.47. The summed E-state index contributed by atoms with van der Waals surface area (Å²) in [4.78, 5) is 13.6. The summed E-state index contributed by atoms with van der Waals surface area (Å²) in [5.41, 5.74) is 1.68. The molecule has 3 rings (SSSR count). The first-order valence-electron chi connectivity index (χ1n) is 5.56. The van der Waals surface area contributed by atoms with Crippen LogP contribution in [0.3, 0.4) is 0 Å². The molecular weight excluding hydrogens is 202 g/mol. The lowest BCUT2D eigenvalue weighted by molar-refractivity contribution is -0.150. The third-order valence-corrected chi connectivity index (χ3v) is 4.14. The molecule has 0 saturated carbocycles. The van der Waals surface area contributed by atoms with Crippen LogP contribution in [0.25, 0.3) is 0 Å². The first-order valence-corrected chi connectivity index (χ1v) is 5.56. The van der Waals surface area contributed by atoms with E-state index >= 15 is 0 Å². The number of hydrogen-bond acceptors (Lipinski definition) is 3. The highest BCUT2D eigenvalue weighted by atomic mass is 16.6. The number of esters is 1. The van der Waals surface area contributed by atoms with Crippen LogP contribution in [0.15, 0.2) is 24.3 Å². The van der Waals surface area contributed by atoms with Gasteiger partial charge in [-0.1, -0.05) is 18.2 Å². The zero-order valence-corrected chi connectivity index (χ0v) is 9.78. The van der Waals surface area contributed by atoms with Gasteiger partial charge < -0.3 is 9.64 Å². The minimum Gasteiger partial charge on any atom is -0.437 e. The maximum atomic E-state index is 11.5. The van der Waals surface area contributed by atoms with E-state index in [1.54, 1.807) is 0 Å². The highest BCUT2D eigenvalue weighted by Gasteiger charge is 2.60. The van der Waals surface area contributed by atoms with Crippen LogP contribution in [-0.2, 0) is 14.9 Å². The van der Waals surface area contributed by atoms with Gasteiger partial charge in [0.05, 0.1) is 5.41 Å². The van der Waals surface area contributed by atoms with Crippen LogP contribution in [-0.4, -0.2) is 18.2 Å². The number of fused-ring (bicyclic) bond motifs is 3. The number of carbonyl (C=O) groups is 1. The number of nitrogens with zero attached hydrogens (tertiary/aromatic N) is 1. The number of benzene rings is 1. The molecule has 1 saturated heterocycles. The van der Waals surface area contributed by atoms with Crippen molar-refractivity contribution in [2.24, 2.45) is 0 Å². The number of ether oxygens (including phenoxy) is 1. The highest BCUT2D eigenvalue weighted by Crippen LogP contribution is 2.53. The van der Waals surface area contributed by atoms with E-state index in [0.717, 1.165) is 5.69 Å². The Bertz CT molecular complexity index is 481. The summed E-state index contributed by atoms with van der Waals surface area (Å²) >= 11 is 0. The van der Waals surface area contributed by atoms with Gasteiger partial charge in [-0.05, 0) is 32.4 Å². The smallest absolute Gasteiger partial charge is 0.327 e. The fourth-order valence-corrected chi connectivity index (χ4v) is 2.86. The Labute approximate surface area is 95.0 Å². The van der Waals surface area contributed by atoms with Gasteiger partial charge in [0.15, 0.2) is 5.72 Å². The topological polar surface area (TPSA) is 29.5 Å². The third kappa shape index (κ3) is 0.872. The van der Waals surface area contributed by atoms with Crippen molar-refractivity contribution in [3.63, 3.8) is 0 Å². The maximum absolute atomic E-state index is 11.5. The molecule has 0 aromatic heterocycles. The summed E-state index contributed by atoms with van der Waals surface area (Å²) in [6.45, 7) is 6.61. The molecule has 0 bridgehead atoms. The zero-order chi connectivity index (χ0) is 11.6. The molecule has 0 amide bonds. The van der Waals surface area contributed by atoms with Gasteiger partial charge in [-0.25, -0.2) is 0 Å². The third-order valence-electron chi connectivity index (χ3n) is 4.14. The lowest BCUT2D eigenvalue weighted by atomic mass is 9.78. The molecule has 2 aliphatic rings. The van der Waals surface area contributed by atoms with Gasteiger partial charge in [-0.3, -0.25) is 4.79 Å². The van der Waals surface area contributed by atoms with Gasteiger partial charge >= 0.3 is 5.97 Å². The summed E-state index contributed by atoms with van der Waals surface area (Å²) in [6.07, 6.45) is 0. The van der Waals surface area contributed by atoms with Crippen LogP contribution < -0.4 is 4.90 Å². The number of anilines is 1. The summed E-state index contributed by atoms with van der Waals surface area (Å²) in [7, 11) is 0. The van der Waals surface area contributed by atoms with Crippen molar-refractivity contribution >= 4 is 11.7 Å². The summed E-state index contributed by atoms with van der Waals surface area (Å²) in [5, 5.41) is 0. The Hall–Kier alpha value is -1.51. The molecule has 16 heavy (non-hydrogen) atoms. The molecular formula is C13H15NO2. The SMILES string of the molecule is CC1(C)c2ccccc2N2CC(=O)OC21C. The Balaban J connectivity index is 2.26. The van der Waals surface area contributed by atoms with E-state index in [4.69, 9.17) is 4.74 Å². The largest absolute Gasteiger partial charge is 0.437 e. The number of rotatable bonds is 0. The number of para-hydroxylation sites is 1. The Kier molecular flexibility index (Phi) is 1.57. The van der Waals surface area contributed by atoms with Crippen molar-refractivity contribution in [1.29, 1.82) is 0 Å². The van der Waals surface area contributed by atoms with Crippen molar-refractivity contribution in [3.05, 3.63) is 29.8 Å². The van der Waals surface area contributed by atoms with E-state index in [-0.39, 0.29) is 11.4 Å². The fraction of sp³-hybridized carbons (Fsp3) is 0.462. The minimum atomic E-state index is -0.534. The van der Waals surface area contributed by atoms with Crippen LogP contribution >= 0.6 is 0 Å². The number of hydrogen-bond donors (Lipinski definition) is 0. The second-order valence-electron chi connectivity index (χ2n) is 5.19. The molecule has 1 aromatic rings.